The van der Waals surface area contributed by atoms with Gasteiger partial charge in [-0.05, 0) is 63.0 Å². The van der Waals surface area contributed by atoms with Crippen LogP contribution < -0.4 is 10.2 Å². The number of aryl methyl sites for hydroxylation is 1. The predicted molar refractivity (Wildman–Crippen MR) is 120 cm³/mol. The van der Waals surface area contributed by atoms with E-state index in [9.17, 15) is 9.59 Å². The largest absolute Gasteiger partial charge is 0.449 e. The van der Waals surface area contributed by atoms with Crippen molar-refractivity contribution in [3.05, 3.63) is 17.8 Å². The van der Waals surface area contributed by atoms with Crippen molar-refractivity contribution in [2.24, 2.45) is 5.92 Å². The van der Waals surface area contributed by atoms with Crippen LogP contribution in [-0.4, -0.2) is 67.9 Å². The highest BCUT2D eigenvalue weighted by Gasteiger charge is 2.25. The summed E-state index contributed by atoms with van der Waals surface area (Å²) in [5, 5.41) is 2.74. The Labute approximate surface area is 185 Å². The van der Waals surface area contributed by atoms with Gasteiger partial charge in [0.15, 0.2) is 0 Å². The van der Waals surface area contributed by atoms with E-state index in [-0.39, 0.29) is 0 Å². The smallest absolute Gasteiger partial charge is 0.411 e. The number of carbonyl (C=O) groups excluding carboxylic acids is 2. The van der Waals surface area contributed by atoms with Crippen LogP contribution in [0, 0.1) is 12.8 Å². The Balaban J connectivity index is 1.53. The lowest BCUT2D eigenvalue weighted by molar-refractivity contribution is -0.122. The molecule has 3 rings (SSSR count). The van der Waals surface area contributed by atoms with Crippen molar-refractivity contribution >= 4 is 24.0 Å². The molecule has 0 bridgehead atoms. The third kappa shape index (κ3) is 6.82. The number of piperidine rings is 1. The number of pyridine rings is 1. The van der Waals surface area contributed by atoms with Crippen molar-refractivity contribution in [1.29, 1.82) is 0 Å². The van der Waals surface area contributed by atoms with Gasteiger partial charge in [0.2, 0.25) is 6.41 Å². The predicted octanol–water partition coefficient (Wildman–Crippen LogP) is 3.59. The maximum absolute atomic E-state index is 11.8. The van der Waals surface area contributed by atoms with E-state index in [1.54, 1.807) is 6.20 Å². The topological polar surface area (TPSA) is 84.0 Å². The van der Waals surface area contributed by atoms with E-state index < -0.39 is 6.09 Å². The summed E-state index contributed by atoms with van der Waals surface area (Å²) >= 11 is 0. The fourth-order valence-corrected chi connectivity index (χ4v) is 4.48. The highest BCUT2D eigenvalue weighted by atomic mass is 16.5. The Morgan fingerprint density at radius 3 is 2.90 bits per heavy atom. The van der Waals surface area contributed by atoms with Crippen LogP contribution in [0.25, 0.3) is 0 Å². The molecule has 1 unspecified atom stereocenters. The Kier molecular flexibility index (Phi) is 8.94. The minimum atomic E-state index is -0.446. The van der Waals surface area contributed by atoms with Gasteiger partial charge in [0.1, 0.15) is 5.82 Å². The molecule has 0 radical (unpaired) electrons. The molecule has 31 heavy (non-hydrogen) atoms. The number of ether oxygens (including phenoxy) is 2. The number of nitrogens with zero attached hydrogens (tertiary/aromatic N) is 3. The number of rotatable bonds is 9. The van der Waals surface area contributed by atoms with Gasteiger partial charge in [-0.2, -0.15) is 0 Å². The molecule has 2 saturated heterocycles. The molecule has 2 fully saturated rings. The van der Waals surface area contributed by atoms with Crippen LogP contribution in [0.3, 0.4) is 0 Å². The molecule has 1 atom stereocenters. The Morgan fingerprint density at radius 1 is 1.39 bits per heavy atom. The van der Waals surface area contributed by atoms with Gasteiger partial charge in [-0.3, -0.25) is 10.1 Å². The second-order valence-corrected chi connectivity index (χ2v) is 8.56. The average molecular weight is 433 g/mol. The van der Waals surface area contributed by atoms with Crippen LogP contribution in [0.2, 0.25) is 0 Å². The van der Waals surface area contributed by atoms with Crippen molar-refractivity contribution in [3.63, 3.8) is 0 Å². The molecule has 1 aromatic rings. The summed E-state index contributed by atoms with van der Waals surface area (Å²) in [5.41, 5.74) is 1.68. The fraction of sp³-hybridized carbons (Fsp3) is 0.696. The van der Waals surface area contributed by atoms with Crippen molar-refractivity contribution < 1.29 is 19.1 Å². The standard InChI is InChI=1S/C23H36N4O4/c1-3-11-31-23(29)25-20-14-18(2)22(24-15-20)26-9-4-5-19(16-26)6-10-27(17-28)21-7-12-30-13-8-21/h14-15,17,19,21H,3-13,16H2,1-2H3,(H,25,29). The van der Waals surface area contributed by atoms with Gasteiger partial charge in [-0.25, -0.2) is 9.78 Å². The van der Waals surface area contributed by atoms with Crippen LogP contribution in [0.1, 0.15) is 51.0 Å². The average Bonchev–Trinajstić information content (AvgIpc) is 2.79. The second kappa shape index (κ2) is 11.9. The van der Waals surface area contributed by atoms with Crippen molar-refractivity contribution in [2.75, 3.05) is 49.7 Å². The maximum atomic E-state index is 11.8. The van der Waals surface area contributed by atoms with Gasteiger partial charge >= 0.3 is 6.09 Å². The third-order valence-corrected chi connectivity index (χ3v) is 6.14. The van der Waals surface area contributed by atoms with Gasteiger partial charge in [0, 0.05) is 38.9 Å². The summed E-state index contributed by atoms with van der Waals surface area (Å²) in [4.78, 5) is 32.3. The zero-order chi connectivity index (χ0) is 22.1. The van der Waals surface area contributed by atoms with Crippen molar-refractivity contribution in [3.8, 4) is 0 Å². The van der Waals surface area contributed by atoms with Gasteiger partial charge in [-0.1, -0.05) is 6.92 Å². The first-order valence-corrected chi connectivity index (χ1v) is 11.5. The van der Waals surface area contributed by atoms with E-state index >= 15 is 0 Å². The lowest BCUT2D eigenvalue weighted by Crippen LogP contribution is -2.41. The first-order chi connectivity index (χ1) is 15.1. The number of anilines is 2. The number of aromatic nitrogens is 1. The number of carbonyl (C=O) groups is 2. The molecule has 2 aliphatic heterocycles. The summed E-state index contributed by atoms with van der Waals surface area (Å²) in [6.45, 7) is 8.61. The Morgan fingerprint density at radius 2 is 2.19 bits per heavy atom. The van der Waals surface area contributed by atoms with Crippen LogP contribution in [0.4, 0.5) is 16.3 Å². The molecule has 8 nitrogen and oxygen atoms in total. The third-order valence-electron chi connectivity index (χ3n) is 6.14. The summed E-state index contributed by atoms with van der Waals surface area (Å²) in [5.74, 6) is 1.51. The number of hydrogen-bond donors (Lipinski definition) is 1. The molecule has 172 valence electrons. The van der Waals surface area contributed by atoms with Crippen molar-refractivity contribution in [1.82, 2.24) is 9.88 Å². The number of hydrogen-bond acceptors (Lipinski definition) is 6. The molecule has 2 aliphatic rings. The normalized spacial score (nSPS) is 19.7. The molecule has 0 aliphatic carbocycles. The van der Waals surface area contributed by atoms with Crippen LogP contribution >= 0.6 is 0 Å². The zero-order valence-electron chi connectivity index (χ0n) is 18.8. The lowest BCUT2D eigenvalue weighted by atomic mass is 9.94. The van der Waals surface area contributed by atoms with Crippen LogP contribution in [0.5, 0.6) is 0 Å². The molecule has 0 spiro atoms. The first kappa shape index (κ1) is 23.3. The molecule has 0 aromatic carbocycles. The molecule has 0 saturated carbocycles. The van der Waals surface area contributed by atoms with Gasteiger partial charge in [0.05, 0.1) is 18.5 Å². The summed E-state index contributed by atoms with van der Waals surface area (Å²) < 4.78 is 10.5. The second-order valence-electron chi connectivity index (χ2n) is 8.56. The zero-order valence-corrected chi connectivity index (χ0v) is 18.8. The number of nitrogens with one attached hydrogen (secondary N) is 1. The molecule has 3 heterocycles. The number of amides is 2. The minimum absolute atomic E-state index is 0.318. The summed E-state index contributed by atoms with van der Waals surface area (Å²) in [7, 11) is 0. The Hall–Kier alpha value is -2.35. The summed E-state index contributed by atoms with van der Waals surface area (Å²) in [6, 6.07) is 2.26. The molecule has 1 aromatic heterocycles. The van der Waals surface area contributed by atoms with Gasteiger partial charge in [-0.15, -0.1) is 0 Å². The monoisotopic (exact) mass is 432 g/mol. The first-order valence-electron chi connectivity index (χ1n) is 11.5. The quantitative estimate of drug-likeness (QED) is 0.601. The van der Waals surface area contributed by atoms with E-state index in [0.29, 0.717) is 24.3 Å². The van der Waals surface area contributed by atoms with E-state index in [1.165, 1.54) is 6.42 Å². The molecular formula is C23H36N4O4. The molecule has 8 heteroatoms. The van der Waals surface area contributed by atoms with Crippen LogP contribution in [-0.2, 0) is 14.3 Å². The SMILES string of the molecule is CCCOC(=O)Nc1cnc(N2CCCC(CCN(C=O)C3CCOCC3)C2)c(C)c1. The maximum Gasteiger partial charge on any atom is 0.411 e. The van der Waals surface area contributed by atoms with E-state index in [1.807, 2.05) is 24.8 Å². The van der Waals surface area contributed by atoms with Gasteiger partial charge < -0.3 is 19.3 Å². The Bertz CT molecular complexity index is 724. The lowest BCUT2D eigenvalue weighted by Gasteiger charge is -2.36. The molecule has 2 amide bonds. The molecular weight excluding hydrogens is 396 g/mol. The minimum Gasteiger partial charge on any atom is -0.449 e. The highest BCUT2D eigenvalue weighted by molar-refractivity contribution is 5.84. The van der Waals surface area contributed by atoms with Gasteiger partial charge in [0.25, 0.3) is 0 Å². The van der Waals surface area contributed by atoms with Crippen LogP contribution in [0.15, 0.2) is 12.3 Å². The van der Waals surface area contributed by atoms with E-state index in [2.05, 4.69) is 15.2 Å². The molecule has 1 N–H and O–H groups in total. The van der Waals surface area contributed by atoms with Crippen molar-refractivity contribution in [2.45, 2.75) is 58.4 Å². The highest BCUT2D eigenvalue weighted by Crippen LogP contribution is 2.28. The summed E-state index contributed by atoms with van der Waals surface area (Å²) in [6.07, 6.45) is 8.23. The van der Waals surface area contributed by atoms with E-state index in [0.717, 1.165) is 82.7 Å². The fourth-order valence-electron chi connectivity index (χ4n) is 4.48. The van der Waals surface area contributed by atoms with E-state index in [4.69, 9.17) is 9.47 Å².